The van der Waals surface area contributed by atoms with Crippen LogP contribution in [0.1, 0.15) is 29.6 Å². The number of hydrogen-bond donors (Lipinski definition) is 2. The molecular weight excluding hydrogens is 302 g/mol. The summed E-state index contributed by atoms with van der Waals surface area (Å²) in [5.74, 6) is 0.810. The second-order valence-electron chi connectivity index (χ2n) is 5.44. The molecule has 0 bridgehead atoms. The summed E-state index contributed by atoms with van der Waals surface area (Å²) in [7, 11) is 0. The number of nitrogens with one attached hydrogen (secondary N) is 2. The quantitative estimate of drug-likeness (QED) is 0.776. The van der Waals surface area contributed by atoms with E-state index in [1.165, 1.54) is 34.0 Å². The van der Waals surface area contributed by atoms with E-state index in [2.05, 4.69) is 27.5 Å². The summed E-state index contributed by atoms with van der Waals surface area (Å²) in [4.78, 5) is 22.6. The zero-order valence-electron chi connectivity index (χ0n) is 11.5. The SMILES string of the molecule is O=c1[nH]c(C[NH+]2CCC[C@H]2c2cccs2)nc2ccsc12. The molecule has 4 rings (SSSR count). The van der Waals surface area contributed by atoms with Gasteiger partial charge >= 0.3 is 0 Å². The number of rotatable bonds is 3. The molecule has 6 heteroatoms. The van der Waals surface area contributed by atoms with Gasteiger partial charge in [-0.3, -0.25) is 4.79 Å². The van der Waals surface area contributed by atoms with E-state index in [0.29, 0.717) is 6.04 Å². The maximum absolute atomic E-state index is 12.1. The van der Waals surface area contributed by atoms with Crippen molar-refractivity contribution in [2.75, 3.05) is 6.54 Å². The van der Waals surface area contributed by atoms with Crippen LogP contribution in [0.4, 0.5) is 0 Å². The fourth-order valence-corrected chi connectivity index (χ4v) is 4.82. The minimum atomic E-state index is -0.00345. The molecule has 21 heavy (non-hydrogen) atoms. The molecular formula is C15H16N3OS2+. The van der Waals surface area contributed by atoms with Crippen LogP contribution in [0, 0.1) is 0 Å². The Kier molecular flexibility index (Phi) is 3.37. The van der Waals surface area contributed by atoms with Crippen molar-refractivity contribution in [2.24, 2.45) is 0 Å². The van der Waals surface area contributed by atoms with Gasteiger partial charge in [0.25, 0.3) is 5.56 Å². The zero-order valence-corrected chi connectivity index (χ0v) is 13.1. The predicted molar refractivity (Wildman–Crippen MR) is 86.1 cm³/mol. The fraction of sp³-hybridized carbons (Fsp3) is 0.333. The molecule has 0 radical (unpaired) electrons. The van der Waals surface area contributed by atoms with Crippen molar-refractivity contribution in [1.29, 1.82) is 0 Å². The topological polar surface area (TPSA) is 50.2 Å². The van der Waals surface area contributed by atoms with Crippen molar-refractivity contribution in [3.05, 3.63) is 50.0 Å². The van der Waals surface area contributed by atoms with Crippen LogP contribution < -0.4 is 10.5 Å². The monoisotopic (exact) mass is 318 g/mol. The second kappa shape index (κ2) is 5.36. The number of quaternary nitrogens is 1. The lowest BCUT2D eigenvalue weighted by molar-refractivity contribution is -0.932. The molecule has 1 aliphatic rings. The van der Waals surface area contributed by atoms with Crippen molar-refractivity contribution < 1.29 is 4.90 Å². The predicted octanol–water partition coefficient (Wildman–Crippen LogP) is 1.97. The number of H-pyrrole nitrogens is 1. The van der Waals surface area contributed by atoms with Gasteiger partial charge in [0.05, 0.1) is 16.9 Å². The Labute approximate surface area is 130 Å². The summed E-state index contributed by atoms with van der Waals surface area (Å²) in [6.45, 7) is 1.94. The van der Waals surface area contributed by atoms with E-state index >= 15 is 0 Å². The molecule has 1 fully saturated rings. The molecule has 3 aromatic rings. The van der Waals surface area contributed by atoms with E-state index in [-0.39, 0.29) is 5.56 Å². The molecule has 108 valence electrons. The Hall–Kier alpha value is -1.50. The fourth-order valence-electron chi connectivity index (χ4n) is 3.18. The Balaban J connectivity index is 1.63. The van der Waals surface area contributed by atoms with E-state index in [1.54, 1.807) is 0 Å². The first-order valence-corrected chi connectivity index (χ1v) is 8.91. The minimum absolute atomic E-state index is 0.00345. The van der Waals surface area contributed by atoms with Gasteiger partial charge in [-0.05, 0) is 22.9 Å². The average molecular weight is 318 g/mol. The number of fused-ring (bicyclic) bond motifs is 1. The molecule has 0 amide bonds. The first kappa shape index (κ1) is 13.2. The average Bonchev–Trinajstić information content (AvgIpc) is 3.19. The summed E-state index contributed by atoms with van der Waals surface area (Å²) in [5, 5.41) is 4.07. The van der Waals surface area contributed by atoms with Gasteiger partial charge in [0.2, 0.25) is 0 Å². The van der Waals surface area contributed by atoms with Gasteiger partial charge in [0.1, 0.15) is 17.3 Å². The highest BCUT2D eigenvalue weighted by molar-refractivity contribution is 7.17. The Morgan fingerprint density at radius 1 is 1.33 bits per heavy atom. The highest BCUT2D eigenvalue weighted by Gasteiger charge is 2.31. The van der Waals surface area contributed by atoms with Crippen LogP contribution in [0.3, 0.4) is 0 Å². The van der Waals surface area contributed by atoms with Crippen LogP contribution in [0.2, 0.25) is 0 Å². The second-order valence-corrected chi connectivity index (χ2v) is 7.34. The van der Waals surface area contributed by atoms with Crippen molar-refractivity contribution in [2.45, 2.75) is 25.4 Å². The summed E-state index contributed by atoms with van der Waals surface area (Å²) < 4.78 is 0.727. The summed E-state index contributed by atoms with van der Waals surface area (Å²) in [6, 6.07) is 6.81. The maximum Gasteiger partial charge on any atom is 0.269 e. The number of aromatic nitrogens is 2. The van der Waals surface area contributed by atoms with E-state index in [4.69, 9.17) is 0 Å². The van der Waals surface area contributed by atoms with Crippen LogP contribution >= 0.6 is 22.7 Å². The van der Waals surface area contributed by atoms with Gasteiger partial charge in [-0.15, -0.1) is 22.7 Å². The van der Waals surface area contributed by atoms with Gasteiger partial charge in [-0.1, -0.05) is 6.07 Å². The lowest BCUT2D eigenvalue weighted by Gasteiger charge is -2.19. The van der Waals surface area contributed by atoms with E-state index in [9.17, 15) is 4.79 Å². The number of thiophene rings is 2. The molecule has 0 spiro atoms. The van der Waals surface area contributed by atoms with E-state index in [1.807, 2.05) is 22.8 Å². The molecule has 4 heterocycles. The third-order valence-corrected chi connectivity index (χ3v) is 6.02. The molecule has 0 saturated carbocycles. The van der Waals surface area contributed by atoms with Crippen LogP contribution in [0.25, 0.3) is 10.2 Å². The molecule has 1 saturated heterocycles. The molecule has 0 aliphatic carbocycles. The minimum Gasteiger partial charge on any atom is -0.322 e. The Morgan fingerprint density at radius 3 is 3.14 bits per heavy atom. The summed E-state index contributed by atoms with van der Waals surface area (Å²) in [6.07, 6.45) is 2.46. The smallest absolute Gasteiger partial charge is 0.269 e. The van der Waals surface area contributed by atoms with Gasteiger partial charge in [0.15, 0.2) is 5.82 Å². The lowest BCUT2D eigenvalue weighted by atomic mass is 10.2. The Bertz CT molecular complexity index is 806. The third kappa shape index (κ3) is 2.43. The van der Waals surface area contributed by atoms with E-state index in [0.717, 1.165) is 29.1 Å². The molecule has 2 N–H and O–H groups in total. The van der Waals surface area contributed by atoms with Crippen LogP contribution in [-0.4, -0.2) is 16.5 Å². The number of hydrogen-bond acceptors (Lipinski definition) is 4. The van der Waals surface area contributed by atoms with Gasteiger partial charge in [-0.25, -0.2) is 4.98 Å². The molecule has 1 unspecified atom stereocenters. The molecule has 4 nitrogen and oxygen atoms in total. The highest BCUT2D eigenvalue weighted by Crippen LogP contribution is 2.23. The lowest BCUT2D eigenvalue weighted by Crippen LogP contribution is -3.09. The van der Waals surface area contributed by atoms with Crippen molar-refractivity contribution in [3.8, 4) is 0 Å². The first-order chi connectivity index (χ1) is 10.3. The van der Waals surface area contributed by atoms with Gasteiger partial charge in [-0.2, -0.15) is 0 Å². The van der Waals surface area contributed by atoms with Crippen molar-refractivity contribution in [1.82, 2.24) is 9.97 Å². The molecule has 0 aromatic carbocycles. The van der Waals surface area contributed by atoms with Crippen LogP contribution in [0.5, 0.6) is 0 Å². The number of aromatic amines is 1. The molecule has 1 aliphatic heterocycles. The Morgan fingerprint density at radius 2 is 2.29 bits per heavy atom. The largest absolute Gasteiger partial charge is 0.322 e. The number of likely N-dealkylation sites (tertiary alicyclic amines) is 1. The van der Waals surface area contributed by atoms with Crippen LogP contribution in [-0.2, 0) is 6.54 Å². The number of nitrogens with zero attached hydrogens (tertiary/aromatic N) is 1. The van der Waals surface area contributed by atoms with Crippen LogP contribution in [0.15, 0.2) is 33.8 Å². The molecule has 2 atom stereocenters. The normalized spacial score (nSPS) is 22.1. The highest BCUT2D eigenvalue weighted by atomic mass is 32.1. The third-order valence-electron chi connectivity index (χ3n) is 4.13. The zero-order chi connectivity index (χ0) is 14.2. The van der Waals surface area contributed by atoms with E-state index < -0.39 is 0 Å². The van der Waals surface area contributed by atoms with Crippen molar-refractivity contribution in [3.63, 3.8) is 0 Å². The summed E-state index contributed by atoms with van der Waals surface area (Å²) >= 11 is 3.28. The molecule has 3 aromatic heterocycles. The standard InChI is InChI=1S/C15H15N3OS2/c19-15-14-10(5-8-21-14)16-13(17-15)9-18-6-1-3-11(18)12-4-2-7-20-12/h2,4-5,7-8,11H,1,3,6,9H2,(H,16,17,19)/p+1/t11-/m0/s1. The summed E-state index contributed by atoms with van der Waals surface area (Å²) in [5.41, 5.74) is 0.821. The van der Waals surface area contributed by atoms with Gasteiger partial charge < -0.3 is 9.88 Å². The first-order valence-electron chi connectivity index (χ1n) is 7.15. The van der Waals surface area contributed by atoms with Crippen molar-refractivity contribution >= 4 is 32.9 Å². The van der Waals surface area contributed by atoms with Gasteiger partial charge in [0, 0.05) is 12.8 Å². The maximum atomic E-state index is 12.1.